The van der Waals surface area contributed by atoms with Crippen LogP contribution in [0.3, 0.4) is 0 Å². The number of hydrogen-bond donors (Lipinski definition) is 3. The summed E-state index contributed by atoms with van der Waals surface area (Å²) in [6, 6.07) is 17.9. The number of nitrogens with zero attached hydrogens (tertiary/aromatic N) is 1. The van der Waals surface area contributed by atoms with Crippen LogP contribution in [0.1, 0.15) is 76.4 Å². The van der Waals surface area contributed by atoms with Gasteiger partial charge in [0.05, 0.1) is 42.8 Å². The van der Waals surface area contributed by atoms with Gasteiger partial charge in [0.1, 0.15) is 5.69 Å². The van der Waals surface area contributed by atoms with E-state index in [1.165, 1.54) is 0 Å². The highest BCUT2D eigenvalue weighted by atomic mass is 32.2. The second-order valence-corrected chi connectivity index (χ2v) is 11.1. The molecule has 1 aromatic heterocycles. The predicted octanol–water partition coefficient (Wildman–Crippen LogP) is 4.15. The number of rotatable bonds is 10. The number of amides is 2. The lowest BCUT2D eigenvalue weighted by Gasteiger charge is -2.22. The maximum absolute atomic E-state index is 13.5. The third-order valence-electron chi connectivity index (χ3n) is 6.61. The first kappa shape index (κ1) is 27.4. The number of ether oxygens (including phenoxy) is 1. The first-order valence-electron chi connectivity index (χ1n) is 12.7. The van der Waals surface area contributed by atoms with Crippen LogP contribution in [-0.2, 0) is 27.9 Å². The summed E-state index contributed by atoms with van der Waals surface area (Å²) in [6.07, 6.45) is 2.41. The molecule has 202 valence electrons. The van der Waals surface area contributed by atoms with Crippen LogP contribution in [0.5, 0.6) is 0 Å². The average Bonchev–Trinajstić information content (AvgIpc) is 3.30. The van der Waals surface area contributed by atoms with Crippen LogP contribution < -0.4 is 15.4 Å². The molecule has 0 saturated carbocycles. The molecular weight excluding hydrogens is 504 g/mol. The fourth-order valence-corrected chi connectivity index (χ4v) is 5.29. The molecule has 9 nitrogen and oxygen atoms in total. The Bertz CT molecular complexity index is 1400. The van der Waals surface area contributed by atoms with Crippen LogP contribution in [0.15, 0.2) is 60.7 Å². The highest BCUT2D eigenvalue weighted by molar-refractivity contribution is 7.92. The zero-order valence-electron chi connectivity index (χ0n) is 21.9. The predicted molar refractivity (Wildman–Crippen MR) is 146 cm³/mol. The van der Waals surface area contributed by atoms with Crippen LogP contribution in [-0.4, -0.2) is 37.7 Å². The average molecular weight is 539 g/mol. The molecule has 0 spiro atoms. The van der Waals surface area contributed by atoms with E-state index in [1.54, 1.807) is 24.3 Å². The van der Waals surface area contributed by atoms with E-state index in [0.29, 0.717) is 42.2 Å². The van der Waals surface area contributed by atoms with Crippen molar-refractivity contribution >= 4 is 27.5 Å². The van der Waals surface area contributed by atoms with Crippen molar-refractivity contribution in [3.05, 3.63) is 88.7 Å². The maximum atomic E-state index is 13.5. The van der Waals surface area contributed by atoms with Crippen molar-refractivity contribution in [1.82, 2.24) is 15.2 Å². The molecule has 0 saturated heterocycles. The van der Waals surface area contributed by atoms with E-state index >= 15 is 0 Å². The zero-order chi connectivity index (χ0) is 27.3. The minimum atomic E-state index is -3.43. The van der Waals surface area contributed by atoms with Gasteiger partial charge in [0.25, 0.3) is 11.8 Å². The zero-order valence-corrected chi connectivity index (χ0v) is 22.7. The molecular formula is C28H34N4O5S. The molecule has 38 heavy (non-hydrogen) atoms. The molecule has 1 aliphatic rings. The lowest BCUT2D eigenvalue weighted by atomic mass is 10.0. The van der Waals surface area contributed by atoms with Crippen molar-refractivity contribution in [2.75, 3.05) is 17.6 Å². The quantitative estimate of drug-likeness (QED) is 0.358. The molecule has 3 aromatic rings. The minimum Gasteiger partial charge on any atom is -0.373 e. The normalized spacial score (nSPS) is 14.7. The van der Waals surface area contributed by atoms with E-state index in [4.69, 9.17) is 4.74 Å². The second-order valence-electron chi connectivity index (χ2n) is 9.37. The van der Waals surface area contributed by atoms with Crippen LogP contribution in [0.2, 0.25) is 0 Å². The highest BCUT2D eigenvalue weighted by Gasteiger charge is 2.28. The van der Waals surface area contributed by atoms with Gasteiger partial charge in [-0.05, 0) is 42.2 Å². The van der Waals surface area contributed by atoms with Crippen molar-refractivity contribution in [3.8, 4) is 0 Å². The molecule has 0 bridgehead atoms. The van der Waals surface area contributed by atoms with Crippen LogP contribution in [0, 0.1) is 0 Å². The van der Waals surface area contributed by atoms with Crippen molar-refractivity contribution in [2.24, 2.45) is 0 Å². The number of nitrogens with one attached hydrogen (secondary N) is 3. The van der Waals surface area contributed by atoms with Crippen molar-refractivity contribution in [3.63, 3.8) is 0 Å². The number of hydrogen-bond acceptors (Lipinski definition) is 5. The minimum absolute atomic E-state index is 0.154. The Morgan fingerprint density at radius 1 is 0.921 bits per heavy atom. The molecule has 3 N–H and O–H groups in total. The molecule has 0 radical (unpaired) electrons. The van der Waals surface area contributed by atoms with E-state index in [2.05, 4.69) is 15.4 Å². The Morgan fingerprint density at radius 3 is 2.26 bits per heavy atom. The molecule has 0 unspecified atom stereocenters. The summed E-state index contributed by atoms with van der Waals surface area (Å²) >= 11 is 0. The molecule has 0 aliphatic carbocycles. The lowest BCUT2D eigenvalue weighted by Crippen LogP contribution is -2.31. The van der Waals surface area contributed by atoms with Crippen LogP contribution in [0.25, 0.3) is 0 Å². The molecule has 10 heteroatoms. The summed E-state index contributed by atoms with van der Waals surface area (Å²) in [5, 5.41) is 6.17. The number of benzene rings is 2. The van der Waals surface area contributed by atoms with E-state index in [9.17, 15) is 18.0 Å². The van der Waals surface area contributed by atoms with Gasteiger partial charge in [-0.3, -0.25) is 14.3 Å². The smallest absolute Gasteiger partial charge is 0.268 e. The van der Waals surface area contributed by atoms with Gasteiger partial charge in [0.2, 0.25) is 10.0 Å². The fourth-order valence-electron chi connectivity index (χ4n) is 4.74. The molecule has 4 rings (SSSR count). The third kappa shape index (κ3) is 6.43. The van der Waals surface area contributed by atoms with Crippen LogP contribution in [0.4, 0.5) is 5.69 Å². The van der Waals surface area contributed by atoms with E-state index < -0.39 is 10.0 Å². The summed E-state index contributed by atoms with van der Waals surface area (Å²) in [5.41, 5.74) is 3.72. The molecule has 2 amide bonds. The third-order valence-corrected chi connectivity index (χ3v) is 7.21. The number of sulfonamides is 1. The molecule has 2 aromatic carbocycles. The number of carbonyl (C=O) groups is 2. The fraction of sp³-hybridized carbons (Fsp3) is 0.357. The van der Waals surface area contributed by atoms with Gasteiger partial charge >= 0.3 is 0 Å². The standard InChI is InChI=1S/C28H34N4O5S/c1-4-23(19-10-7-6-8-11-19)29-27(33)22-17-25(32-14-15-37-18-26(22)32)28(34)30-24(5-2)20-12-9-13-21(16-20)31-38(3,35)36/h6-13,16-17,23-24,31H,4-5,14-15,18H2,1-3H3,(H,29,33)(H,30,34)/t23-,24-/m1/s1. The molecule has 2 heterocycles. The van der Waals surface area contributed by atoms with E-state index in [1.807, 2.05) is 54.8 Å². The lowest BCUT2D eigenvalue weighted by molar-refractivity contribution is 0.0773. The molecule has 1 aliphatic heterocycles. The largest absolute Gasteiger partial charge is 0.373 e. The van der Waals surface area contributed by atoms with Gasteiger partial charge in [-0.1, -0.05) is 56.3 Å². The van der Waals surface area contributed by atoms with Gasteiger partial charge in [0, 0.05) is 12.2 Å². The Morgan fingerprint density at radius 2 is 1.58 bits per heavy atom. The van der Waals surface area contributed by atoms with Crippen molar-refractivity contribution < 1.29 is 22.7 Å². The van der Waals surface area contributed by atoms with Crippen molar-refractivity contribution in [1.29, 1.82) is 0 Å². The van der Waals surface area contributed by atoms with Crippen molar-refractivity contribution in [2.45, 2.75) is 51.9 Å². The summed E-state index contributed by atoms with van der Waals surface area (Å²) < 4.78 is 33.3. The maximum Gasteiger partial charge on any atom is 0.268 e. The van der Waals surface area contributed by atoms with E-state index in [0.717, 1.165) is 23.8 Å². The Balaban J connectivity index is 1.57. The molecule has 2 atom stereocenters. The summed E-state index contributed by atoms with van der Waals surface area (Å²) in [4.78, 5) is 26.9. The second kappa shape index (κ2) is 11.8. The number of aromatic nitrogens is 1. The topological polar surface area (TPSA) is 119 Å². The highest BCUT2D eigenvalue weighted by Crippen LogP contribution is 2.25. The van der Waals surface area contributed by atoms with Gasteiger partial charge in [-0.15, -0.1) is 0 Å². The SMILES string of the molecule is CC[C@@H](NC(=O)c1cc(C(=O)N[C@H](CC)c2cccc(NS(C)(=O)=O)c2)n2c1COCC2)c1ccccc1. The summed E-state index contributed by atoms with van der Waals surface area (Å²) in [5.74, 6) is -0.559. The van der Waals surface area contributed by atoms with Gasteiger partial charge in [0.15, 0.2) is 0 Å². The number of anilines is 1. The Labute approximate surface area is 223 Å². The van der Waals surface area contributed by atoms with Gasteiger partial charge in [-0.25, -0.2) is 8.42 Å². The summed E-state index contributed by atoms with van der Waals surface area (Å²) in [6.45, 7) is 5.11. The number of fused-ring (bicyclic) bond motifs is 1. The summed E-state index contributed by atoms with van der Waals surface area (Å²) in [7, 11) is -3.43. The first-order chi connectivity index (χ1) is 18.2. The van der Waals surface area contributed by atoms with Gasteiger partial charge in [-0.2, -0.15) is 0 Å². The Hall–Kier alpha value is -3.63. The Kier molecular flexibility index (Phi) is 8.53. The van der Waals surface area contributed by atoms with Crippen LogP contribution >= 0.6 is 0 Å². The van der Waals surface area contributed by atoms with E-state index in [-0.39, 0.29) is 30.5 Å². The number of carbonyl (C=O) groups excluding carboxylic acids is 2. The first-order valence-corrected chi connectivity index (χ1v) is 14.6. The molecule has 0 fully saturated rings. The monoisotopic (exact) mass is 538 g/mol. The van der Waals surface area contributed by atoms with Gasteiger partial charge < -0.3 is 19.9 Å².